The minimum Gasteiger partial charge on any atom is -0.508 e. The van der Waals surface area contributed by atoms with Crippen LogP contribution >= 0.6 is 11.8 Å². The maximum atomic E-state index is 14.8. The zero-order valence-corrected chi connectivity index (χ0v) is 57.0. The van der Waals surface area contributed by atoms with E-state index in [9.17, 15) is 56.6 Å². The number of nitrogens with one attached hydrogen (secondary N) is 2. The Morgan fingerprint density at radius 3 is 1.76 bits per heavy atom. The zero-order valence-electron chi connectivity index (χ0n) is 56.2. The number of primary amides is 1. The van der Waals surface area contributed by atoms with E-state index in [1.165, 1.54) is 38.6 Å². The van der Waals surface area contributed by atoms with Crippen molar-refractivity contribution < 1.29 is 66.1 Å². The number of phenols is 1. The van der Waals surface area contributed by atoms with Crippen molar-refractivity contribution in [1.82, 2.24) is 35.1 Å². The van der Waals surface area contributed by atoms with E-state index in [1.807, 2.05) is 81.5 Å². The van der Waals surface area contributed by atoms with Gasteiger partial charge in [0.15, 0.2) is 17.3 Å². The fourth-order valence-electron chi connectivity index (χ4n) is 11.0. The largest absolute Gasteiger partial charge is 0.508 e. The van der Waals surface area contributed by atoms with E-state index in [0.717, 1.165) is 40.0 Å². The van der Waals surface area contributed by atoms with Gasteiger partial charge in [-0.2, -0.15) is 24.9 Å². The van der Waals surface area contributed by atoms with Gasteiger partial charge in [0.05, 0.1) is 48.9 Å². The van der Waals surface area contributed by atoms with Gasteiger partial charge in [0, 0.05) is 97.1 Å². The molecule has 5 rings (SSSR count). The van der Waals surface area contributed by atoms with E-state index in [-0.39, 0.29) is 116 Å². The molecule has 1 heterocycles. The Morgan fingerprint density at radius 2 is 1.17 bits per heavy atom. The Kier molecular flexibility index (Phi) is 32.2. The lowest BCUT2D eigenvalue weighted by Crippen LogP contribution is -2.47. The number of carbonyl (C=O) groups is 8. The number of alkyl halides is 3. The molecule has 1 unspecified atom stereocenters. The molecule has 0 radical (unpaired) electrons. The molecular formula is C71H95F3N10O11S. The highest BCUT2D eigenvalue weighted by atomic mass is 32.2. The molecule has 0 saturated heterocycles. The van der Waals surface area contributed by atoms with Gasteiger partial charge in [-0.25, -0.2) is 0 Å². The summed E-state index contributed by atoms with van der Waals surface area (Å²) in [5.74, 6) is -4.84. The van der Waals surface area contributed by atoms with Crippen molar-refractivity contribution in [2.75, 3.05) is 97.3 Å². The molecule has 21 nitrogen and oxygen atoms in total. The lowest BCUT2D eigenvalue weighted by Gasteiger charge is -2.28. The van der Waals surface area contributed by atoms with E-state index in [0.29, 0.717) is 47.9 Å². The SMILES string of the molecule is CSCC(CC(=O)CN(CCN)C(=O)CN(CCN)C(=O)CCCNC(=O)CN(Cc1ccc(C(F)(F)F)cc1)C(=O)[C@@H](C)/C=C(\C)CN(CCc1ccc(O)cc1)C(=O)[C@@H](C)/C=C(\C)CN(Cc1ccc2c(c1)OCO2)C(=O)[C@@H](C)/C=C(\C)CNCc1ccccc1)C(N)=O. The summed E-state index contributed by atoms with van der Waals surface area (Å²) < 4.78 is 52.1. The number of Topliss-reactive ketones (excluding diaryl/α,β-unsaturated/α-hetero) is 1. The topological polar surface area (TPSA) is 294 Å². The second-order valence-corrected chi connectivity index (χ2v) is 25.3. The van der Waals surface area contributed by atoms with E-state index in [1.54, 1.807) is 67.2 Å². The van der Waals surface area contributed by atoms with Crippen LogP contribution in [-0.4, -0.2) is 174 Å². The van der Waals surface area contributed by atoms with Crippen LogP contribution in [0.5, 0.6) is 17.2 Å². The van der Waals surface area contributed by atoms with Crippen molar-refractivity contribution in [1.29, 1.82) is 0 Å². The quantitative estimate of drug-likeness (QED) is 0.0193. The Balaban J connectivity index is 1.30. The molecule has 4 atom stereocenters. The number of aromatic hydroxyl groups is 1. The number of phenolic OH excluding ortho intramolecular Hbond substituents is 1. The molecule has 0 aliphatic carbocycles. The molecule has 1 aliphatic rings. The van der Waals surface area contributed by atoms with Gasteiger partial charge < -0.3 is 66.9 Å². The lowest BCUT2D eigenvalue weighted by molar-refractivity contribution is -0.142. The zero-order chi connectivity index (χ0) is 70.5. The summed E-state index contributed by atoms with van der Waals surface area (Å²) in [4.78, 5) is 116. The van der Waals surface area contributed by atoms with Crippen LogP contribution in [-0.2, 0) is 70.6 Å². The number of benzene rings is 4. The molecule has 25 heteroatoms. The molecule has 0 spiro atoms. The van der Waals surface area contributed by atoms with Crippen LogP contribution in [0, 0.1) is 23.7 Å². The summed E-state index contributed by atoms with van der Waals surface area (Å²) in [5, 5.41) is 16.2. The number of rotatable bonds is 40. The number of nitrogens with zero attached hydrogens (tertiary/aromatic N) is 5. The number of ether oxygens (including phenoxy) is 2. The van der Waals surface area contributed by atoms with Crippen LogP contribution < -0.4 is 37.3 Å². The van der Waals surface area contributed by atoms with Crippen molar-refractivity contribution in [2.24, 2.45) is 40.9 Å². The number of amides is 7. The van der Waals surface area contributed by atoms with Crippen molar-refractivity contribution in [3.8, 4) is 17.2 Å². The summed E-state index contributed by atoms with van der Waals surface area (Å²) >= 11 is 1.35. The average Bonchev–Trinajstić information content (AvgIpc) is 1.35. The second kappa shape index (κ2) is 39.5. The highest BCUT2D eigenvalue weighted by molar-refractivity contribution is 7.98. The van der Waals surface area contributed by atoms with Gasteiger partial charge in [-0.3, -0.25) is 38.4 Å². The summed E-state index contributed by atoms with van der Waals surface area (Å²) in [7, 11) is 0. The first-order chi connectivity index (χ1) is 45.7. The molecule has 1 aliphatic heterocycles. The van der Waals surface area contributed by atoms with Crippen molar-refractivity contribution in [3.63, 3.8) is 0 Å². The van der Waals surface area contributed by atoms with E-state index < -0.39 is 83.8 Å². The van der Waals surface area contributed by atoms with Crippen LogP contribution in [0.3, 0.4) is 0 Å². The first kappa shape index (κ1) is 78.2. The monoisotopic (exact) mass is 1350 g/mol. The third-order valence-electron chi connectivity index (χ3n) is 15.9. The number of hydrogen-bond acceptors (Lipinski definition) is 15. The van der Waals surface area contributed by atoms with Gasteiger partial charge in [0.25, 0.3) is 0 Å². The van der Waals surface area contributed by atoms with E-state index in [2.05, 4.69) is 10.6 Å². The lowest BCUT2D eigenvalue weighted by atomic mass is 10.0. The first-order valence-electron chi connectivity index (χ1n) is 32.2. The normalized spacial score (nSPS) is 13.6. The molecule has 4 aromatic carbocycles. The van der Waals surface area contributed by atoms with E-state index in [4.69, 9.17) is 26.7 Å². The minimum atomic E-state index is -4.62. The molecule has 0 fully saturated rings. The summed E-state index contributed by atoms with van der Waals surface area (Å²) in [6.45, 7) is 11.4. The Bertz CT molecular complexity index is 3330. The number of carbonyl (C=O) groups excluding carboxylic acids is 8. The maximum Gasteiger partial charge on any atom is 0.416 e. The number of fused-ring (bicyclic) bond motifs is 1. The van der Waals surface area contributed by atoms with Gasteiger partial charge in [0.2, 0.25) is 48.1 Å². The fraction of sp³-hybridized carbons (Fsp3) is 0.465. The molecular weight excluding hydrogens is 1260 g/mol. The second-order valence-electron chi connectivity index (χ2n) is 24.4. The number of hydrogen-bond donors (Lipinski definition) is 6. The molecule has 4 aromatic rings. The highest BCUT2D eigenvalue weighted by Gasteiger charge is 2.32. The van der Waals surface area contributed by atoms with Crippen LogP contribution in [0.2, 0.25) is 0 Å². The number of ketones is 1. The molecule has 0 bridgehead atoms. The van der Waals surface area contributed by atoms with Gasteiger partial charge in [0.1, 0.15) is 5.75 Å². The van der Waals surface area contributed by atoms with Crippen LogP contribution in [0.15, 0.2) is 132 Å². The van der Waals surface area contributed by atoms with Gasteiger partial charge >= 0.3 is 6.18 Å². The van der Waals surface area contributed by atoms with E-state index >= 15 is 0 Å². The summed E-state index contributed by atoms with van der Waals surface area (Å²) in [6, 6.07) is 26.4. The standard InChI is InChI=1S/C71H95F3N10O11S/c1-48(37-78-38-55-12-9-8-10-13-55)32-51(4)69(92)83(42-57-19-24-62-63(35-57)95-47-94-62)40-50(3)34-52(5)68(91)82(29-25-54-17-22-60(85)23-18-54)39-49(2)33-53(6)70(93)84(41-56-15-20-59(21-16-56)71(72,73)74)44-64(87)79-28-11-14-65(88)81(31-27-76)45-66(89)80(30-26-75)43-61(86)36-58(46-96-7)67(77)90/h8-10,12-13,15-24,32-35,51-53,58,78,85H,11,14,25-31,36-47,75-76H2,1-7H3,(H2,77,90)(H,79,87)/b48-32+,49-33+,50-34+/t51-,52-,53-,58?/m0/s1. The predicted octanol–water partition coefficient (Wildman–Crippen LogP) is 7.00. The average molecular weight is 1350 g/mol. The fourth-order valence-corrected chi connectivity index (χ4v) is 11.7. The van der Waals surface area contributed by atoms with Crippen molar-refractivity contribution >= 4 is 58.9 Å². The van der Waals surface area contributed by atoms with Crippen molar-refractivity contribution in [2.45, 2.75) is 93.0 Å². The number of nitrogens with two attached hydrogens (primary N) is 3. The Labute approximate surface area is 566 Å². The summed E-state index contributed by atoms with van der Waals surface area (Å²) in [6.07, 6.45) is 2.82. The third-order valence-corrected chi connectivity index (χ3v) is 16.6. The van der Waals surface area contributed by atoms with Gasteiger partial charge in [-0.15, -0.1) is 0 Å². The van der Waals surface area contributed by atoms with Crippen LogP contribution in [0.4, 0.5) is 13.2 Å². The molecule has 522 valence electrons. The molecule has 7 amide bonds. The first-order valence-corrected chi connectivity index (χ1v) is 33.5. The van der Waals surface area contributed by atoms with Crippen molar-refractivity contribution in [3.05, 3.63) is 160 Å². The summed E-state index contributed by atoms with van der Waals surface area (Å²) in [5.41, 5.74) is 21.6. The third kappa shape index (κ3) is 26.6. The number of thioether (sulfide) groups is 1. The smallest absolute Gasteiger partial charge is 0.416 e. The molecule has 0 aromatic heterocycles. The maximum absolute atomic E-state index is 14.8. The molecule has 96 heavy (non-hydrogen) atoms. The Morgan fingerprint density at radius 1 is 0.625 bits per heavy atom. The predicted molar refractivity (Wildman–Crippen MR) is 364 cm³/mol. The Hall–Kier alpha value is -8.52. The van der Waals surface area contributed by atoms with Crippen LogP contribution in [0.25, 0.3) is 0 Å². The van der Waals surface area contributed by atoms with Crippen LogP contribution in [0.1, 0.15) is 88.6 Å². The molecule has 9 N–H and O–H groups in total. The molecule has 0 saturated carbocycles. The highest BCUT2D eigenvalue weighted by Crippen LogP contribution is 2.34. The van der Waals surface area contributed by atoms with Gasteiger partial charge in [-0.05, 0) is 98.5 Å². The minimum absolute atomic E-state index is 0.00142. The number of halogens is 3. The van der Waals surface area contributed by atoms with Gasteiger partial charge in [-0.1, -0.05) is 116 Å².